The van der Waals surface area contributed by atoms with Gasteiger partial charge in [-0.05, 0) is 83.5 Å². The molecule has 424 valence electrons. The molecule has 0 saturated heterocycles. The third kappa shape index (κ3) is 61.1. The SMILES string of the molecule is CC/C=C\C/C=C\C/C=C\C/C=C\C/C=C\C/C=C\C/C=C\C/C=C\C/C=C\CCCCCC(=O)OC(CO)COC(=O)CCCCCCCCCCCCCCCCCCCCCCCCCCCCCCC. The molecular formula is C69H118O5. The minimum atomic E-state index is -0.797. The Hall–Kier alpha value is -3.44. The number of rotatable bonds is 57. The summed E-state index contributed by atoms with van der Waals surface area (Å²) in [5.41, 5.74) is 0. The number of ether oxygens (including phenoxy) is 2. The molecule has 0 saturated carbocycles. The van der Waals surface area contributed by atoms with Gasteiger partial charge in [0.2, 0.25) is 0 Å². The van der Waals surface area contributed by atoms with Crippen LogP contribution in [0.2, 0.25) is 0 Å². The monoisotopic (exact) mass is 1030 g/mol. The number of hydrogen-bond acceptors (Lipinski definition) is 5. The van der Waals surface area contributed by atoms with Crippen LogP contribution in [0.15, 0.2) is 109 Å². The highest BCUT2D eigenvalue weighted by Gasteiger charge is 2.16. The van der Waals surface area contributed by atoms with Crippen LogP contribution in [0.25, 0.3) is 0 Å². The van der Waals surface area contributed by atoms with Crippen LogP contribution in [0.3, 0.4) is 0 Å². The van der Waals surface area contributed by atoms with E-state index in [1.54, 1.807) is 0 Å². The molecule has 0 aromatic rings. The summed E-state index contributed by atoms with van der Waals surface area (Å²) in [4.78, 5) is 24.6. The van der Waals surface area contributed by atoms with Crippen LogP contribution in [0, 0.1) is 0 Å². The van der Waals surface area contributed by atoms with E-state index in [1.165, 1.54) is 167 Å². The summed E-state index contributed by atoms with van der Waals surface area (Å²) >= 11 is 0. The lowest BCUT2D eigenvalue weighted by atomic mass is 10.0. The summed E-state index contributed by atoms with van der Waals surface area (Å²) in [6.07, 6.45) is 92.3. The fourth-order valence-corrected chi connectivity index (χ4v) is 8.90. The van der Waals surface area contributed by atoms with Gasteiger partial charge in [0.05, 0.1) is 6.61 Å². The van der Waals surface area contributed by atoms with Crippen LogP contribution in [0.5, 0.6) is 0 Å². The first-order valence-corrected chi connectivity index (χ1v) is 31.4. The van der Waals surface area contributed by atoms with Crippen LogP contribution in [-0.2, 0) is 19.1 Å². The smallest absolute Gasteiger partial charge is 0.306 e. The predicted molar refractivity (Wildman–Crippen MR) is 325 cm³/mol. The van der Waals surface area contributed by atoms with Gasteiger partial charge in [0.25, 0.3) is 0 Å². The molecule has 0 aliphatic rings. The molecule has 0 fully saturated rings. The summed E-state index contributed by atoms with van der Waals surface area (Å²) < 4.78 is 10.7. The third-order valence-electron chi connectivity index (χ3n) is 13.6. The largest absolute Gasteiger partial charge is 0.462 e. The molecule has 0 aliphatic heterocycles. The van der Waals surface area contributed by atoms with Gasteiger partial charge in [-0.3, -0.25) is 9.59 Å². The Morgan fingerprint density at radius 1 is 0.324 bits per heavy atom. The molecule has 5 heteroatoms. The molecule has 0 heterocycles. The fourth-order valence-electron chi connectivity index (χ4n) is 8.90. The van der Waals surface area contributed by atoms with Gasteiger partial charge < -0.3 is 14.6 Å². The van der Waals surface area contributed by atoms with Crippen molar-refractivity contribution < 1.29 is 24.2 Å². The van der Waals surface area contributed by atoms with E-state index in [2.05, 4.69) is 123 Å². The normalized spacial score (nSPS) is 13.0. The van der Waals surface area contributed by atoms with Crippen LogP contribution in [0.1, 0.15) is 296 Å². The second-order valence-corrected chi connectivity index (χ2v) is 20.8. The minimum Gasteiger partial charge on any atom is -0.462 e. The molecule has 1 unspecified atom stereocenters. The molecule has 0 aromatic carbocycles. The average Bonchev–Trinajstić information content (AvgIpc) is 3.40. The van der Waals surface area contributed by atoms with Crippen molar-refractivity contribution in [3.8, 4) is 0 Å². The maximum atomic E-state index is 12.3. The zero-order chi connectivity index (χ0) is 53.4. The summed E-state index contributed by atoms with van der Waals surface area (Å²) in [6.45, 7) is 4.03. The Balaban J connectivity index is 3.56. The van der Waals surface area contributed by atoms with Crippen molar-refractivity contribution in [1.82, 2.24) is 0 Å². The maximum absolute atomic E-state index is 12.3. The summed E-state index contributed by atoms with van der Waals surface area (Å²) in [5.74, 6) is -0.624. The van der Waals surface area contributed by atoms with Crippen molar-refractivity contribution >= 4 is 11.9 Å². The van der Waals surface area contributed by atoms with Crippen LogP contribution in [0.4, 0.5) is 0 Å². The first kappa shape index (κ1) is 70.6. The predicted octanol–water partition coefficient (Wildman–Crippen LogP) is 21.6. The summed E-state index contributed by atoms with van der Waals surface area (Å²) in [7, 11) is 0. The number of esters is 2. The van der Waals surface area contributed by atoms with Gasteiger partial charge in [0, 0.05) is 12.8 Å². The lowest BCUT2D eigenvalue weighted by molar-refractivity contribution is -0.161. The minimum absolute atomic E-state index is 0.0828. The summed E-state index contributed by atoms with van der Waals surface area (Å²) in [6, 6.07) is 0. The van der Waals surface area contributed by atoms with E-state index in [1.807, 2.05) is 0 Å². The molecule has 0 spiro atoms. The second kappa shape index (κ2) is 63.8. The molecule has 0 amide bonds. The zero-order valence-corrected chi connectivity index (χ0v) is 48.6. The average molecular weight is 1030 g/mol. The van der Waals surface area contributed by atoms with E-state index in [0.717, 1.165) is 103 Å². The molecule has 0 bridgehead atoms. The Bertz CT molecular complexity index is 1440. The van der Waals surface area contributed by atoms with Gasteiger partial charge in [-0.2, -0.15) is 0 Å². The fraction of sp³-hybridized carbons (Fsp3) is 0.710. The van der Waals surface area contributed by atoms with Crippen molar-refractivity contribution in [2.45, 2.75) is 302 Å². The number of hydrogen-bond donors (Lipinski definition) is 1. The molecule has 5 nitrogen and oxygen atoms in total. The van der Waals surface area contributed by atoms with Crippen molar-refractivity contribution in [1.29, 1.82) is 0 Å². The van der Waals surface area contributed by atoms with E-state index in [-0.39, 0.29) is 25.2 Å². The van der Waals surface area contributed by atoms with E-state index < -0.39 is 6.10 Å². The van der Waals surface area contributed by atoms with E-state index in [0.29, 0.717) is 12.8 Å². The molecule has 0 aliphatic carbocycles. The van der Waals surface area contributed by atoms with Gasteiger partial charge >= 0.3 is 11.9 Å². The number of carbonyl (C=O) groups excluding carboxylic acids is 2. The first-order chi connectivity index (χ1) is 36.6. The van der Waals surface area contributed by atoms with Gasteiger partial charge in [0.15, 0.2) is 6.10 Å². The van der Waals surface area contributed by atoms with E-state index in [4.69, 9.17) is 9.47 Å². The number of unbranched alkanes of at least 4 members (excludes halogenated alkanes) is 31. The molecule has 74 heavy (non-hydrogen) atoms. The molecule has 1 N–H and O–H groups in total. The van der Waals surface area contributed by atoms with Gasteiger partial charge in [0.1, 0.15) is 6.61 Å². The van der Waals surface area contributed by atoms with Crippen molar-refractivity contribution in [3.63, 3.8) is 0 Å². The standard InChI is InChI=1S/C69H118O5/c1-3-5-7-9-11-13-15-17-19-21-23-25-27-29-31-33-34-36-38-40-42-44-46-48-50-52-54-56-58-60-62-64-69(72)74-67(65-70)66-73-68(71)63-61-59-57-55-53-51-49-47-45-43-41-39-37-35-32-30-28-26-24-22-20-18-16-14-12-10-8-6-4-2/h5,7,11,13,17,19,23,25,29,31,34,36,40,42,46,48,52,54,67,70H,3-4,6,8-10,12,14-16,18,20-22,24,26-28,30,32-33,35,37-39,41,43-45,47,49-51,53,55-66H2,1-2H3/b7-5-,13-11-,19-17-,25-23-,31-29-,36-34-,42-40-,48-46-,54-52-. The highest BCUT2D eigenvalue weighted by atomic mass is 16.6. The van der Waals surface area contributed by atoms with Gasteiger partial charge in [-0.1, -0.05) is 309 Å². The van der Waals surface area contributed by atoms with Gasteiger partial charge in [-0.25, -0.2) is 0 Å². The van der Waals surface area contributed by atoms with Crippen LogP contribution >= 0.6 is 0 Å². The Morgan fingerprint density at radius 2 is 0.581 bits per heavy atom. The van der Waals surface area contributed by atoms with Gasteiger partial charge in [-0.15, -0.1) is 0 Å². The second-order valence-electron chi connectivity index (χ2n) is 20.8. The number of carbonyl (C=O) groups is 2. The number of allylic oxidation sites excluding steroid dienone is 18. The van der Waals surface area contributed by atoms with Crippen LogP contribution < -0.4 is 0 Å². The Kier molecular flexibility index (Phi) is 60.9. The first-order valence-electron chi connectivity index (χ1n) is 31.4. The number of aliphatic hydroxyl groups excluding tert-OH is 1. The number of aliphatic hydroxyl groups is 1. The van der Waals surface area contributed by atoms with E-state index in [9.17, 15) is 14.7 Å². The molecule has 0 aromatic heterocycles. The maximum Gasteiger partial charge on any atom is 0.306 e. The van der Waals surface area contributed by atoms with Crippen molar-refractivity contribution in [2.24, 2.45) is 0 Å². The lowest BCUT2D eigenvalue weighted by Crippen LogP contribution is -2.28. The third-order valence-corrected chi connectivity index (χ3v) is 13.6. The summed E-state index contributed by atoms with van der Waals surface area (Å²) in [5, 5.41) is 9.67. The zero-order valence-electron chi connectivity index (χ0n) is 48.6. The molecule has 0 radical (unpaired) electrons. The quantitative estimate of drug-likeness (QED) is 0.0373. The van der Waals surface area contributed by atoms with Crippen molar-refractivity contribution in [3.05, 3.63) is 109 Å². The topological polar surface area (TPSA) is 72.8 Å². The van der Waals surface area contributed by atoms with Crippen LogP contribution in [-0.4, -0.2) is 36.4 Å². The Labute approximate surface area is 459 Å². The highest BCUT2D eigenvalue weighted by molar-refractivity contribution is 5.70. The highest BCUT2D eigenvalue weighted by Crippen LogP contribution is 2.17. The van der Waals surface area contributed by atoms with E-state index >= 15 is 0 Å². The molecule has 1 atom stereocenters. The molecular weight excluding hydrogens is 909 g/mol. The Morgan fingerprint density at radius 3 is 0.878 bits per heavy atom. The van der Waals surface area contributed by atoms with Crippen molar-refractivity contribution in [2.75, 3.05) is 13.2 Å². The lowest BCUT2D eigenvalue weighted by Gasteiger charge is -2.15. The molecule has 0 rings (SSSR count).